The number of methoxy groups -OCH3 is 1. The van der Waals surface area contributed by atoms with Crippen LogP contribution in [0.5, 0.6) is 11.5 Å². The van der Waals surface area contributed by atoms with E-state index in [4.69, 9.17) is 9.47 Å². The normalized spacial score (nSPS) is 15.5. The van der Waals surface area contributed by atoms with Crippen molar-refractivity contribution in [3.8, 4) is 11.5 Å². The fourth-order valence-electron chi connectivity index (χ4n) is 2.98. The summed E-state index contributed by atoms with van der Waals surface area (Å²) in [6.07, 6.45) is 1.05. The van der Waals surface area contributed by atoms with Crippen molar-refractivity contribution in [3.05, 3.63) is 59.2 Å². The average molecular weight is 467 g/mol. The maximum Gasteiger partial charge on any atom is 0.191 e. The molecule has 5 nitrogen and oxygen atoms in total. The number of hydrogen-bond donors (Lipinski definition) is 2. The average Bonchev–Trinajstić information content (AvgIpc) is 3.05. The number of aryl methyl sites for hydroxylation is 1. The standard InChI is InChI=1S/C20H25N3O2.HI/c1-14-8-9-16(19(10-14)24-3)12-22-20(21-2)23-13-17-11-15-6-4-5-7-18(15)25-17;/h4-10,17H,11-13H2,1-3H3,(H2,21,22,23);1H. The van der Waals surface area contributed by atoms with Crippen LogP contribution < -0.4 is 20.1 Å². The first-order chi connectivity index (χ1) is 12.2. The Balaban J connectivity index is 0.00000243. The minimum Gasteiger partial charge on any atom is -0.496 e. The number of fused-ring (bicyclic) bond motifs is 1. The summed E-state index contributed by atoms with van der Waals surface area (Å²) < 4.78 is 11.4. The number of rotatable bonds is 5. The third kappa shape index (κ3) is 5.03. The molecule has 26 heavy (non-hydrogen) atoms. The van der Waals surface area contributed by atoms with Crippen LogP contribution in [0.1, 0.15) is 16.7 Å². The predicted octanol–water partition coefficient (Wildman–Crippen LogP) is 3.29. The molecule has 0 saturated carbocycles. The zero-order valence-electron chi connectivity index (χ0n) is 15.4. The molecule has 1 aliphatic rings. The van der Waals surface area contributed by atoms with Gasteiger partial charge in [0.1, 0.15) is 17.6 Å². The minimum absolute atomic E-state index is 0. The van der Waals surface area contributed by atoms with E-state index >= 15 is 0 Å². The van der Waals surface area contributed by atoms with E-state index in [1.54, 1.807) is 14.2 Å². The molecule has 0 bridgehead atoms. The molecule has 2 aromatic carbocycles. The Hall–Kier alpha value is -1.96. The number of aliphatic imine (C=N–C) groups is 1. The molecule has 2 aromatic rings. The van der Waals surface area contributed by atoms with Gasteiger partial charge in [-0.2, -0.15) is 0 Å². The zero-order chi connectivity index (χ0) is 17.6. The van der Waals surface area contributed by atoms with Crippen molar-refractivity contribution in [1.29, 1.82) is 0 Å². The molecule has 6 heteroatoms. The Morgan fingerprint density at radius 3 is 2.77 bits per heavy atom. The molecule has 0 aromatic heterocycles. The fourth-order valence-corrected chi connectivity index (χ4v) is 2.98. The van der Waals surface area contributed by atoms with E-state index in [1.807, 2.05) is 24.3 Å². The lowest BCUT2D eigenvalue weighted by atomic mass is 10.1. The summed E-state index contributed by atoms with van der Waals surface area (Å²) in [6, 6.07) is 14.4. The molecule has 140 valence electrons. The van der Waals surface area contributed by atoms with Crippen molar-refractivity contribution >= 4 is 29.9 Å². The van der Waals surface area contributed by atoms with Crippen LogP contribution in [0, 0.1) is 6.92 Å². The Kier molecular flexibility index (Phi) is 7.56. The van der Waals surface area contributed by atoms with Gasteiger partial charge in [-0.3, -0.25) is 4.99 Å². The van der Waals surface area contributed by atoms with Crippen LogP contribution in [0.3, 0.4) is 0 Å². The largest absolute Gasteiger partial charge is 0.496 e. The van der Waals surface area contributed by atoms with Crippen LogP contribution in [0.2, 0.25) is 0 Å². The number of guanidine groups is 1. The molecule has 0 spiro atoms. The van der Waals surface area contributed by atoms with Gasteiger partial charge in [0.25, 0.3) is 0 Å². The second kappa shape index (κ2) is 9.66. The molecule has 0 amide bonds. The summed E-state index contributed by atoms with van der Waals surface area (Å²) in [5.74, 6) is 2.63. The van der Waals surface area contributed by atoms with Crippen molar-refractivity contribution in [3.63, 3.8) is 0 Å². The maximum atomic E-state index is 5.95. The monoisotopic (exact) mass is 467 g/mol. The lowest BCUT2D eigenvalue weighted by molar-refractivity contribution is 0.235. The number of hydrogen-bond acceptors (Lipinski definition) is 3. The number of para-hydroxylation sites is 1. The summed E-state index contributed by atoms with van der Waals surface area (Å²) in [4.78, 5) is 4.28. The van der Waals surface area contributed by atoms with Crippen LogP contribution in [-0.2, 0) is 13.0 Å². The maximum absolute atomic E-state index is 5.95. The van der Waals surface area contributed by atoms with Gasteiger partial charge in [-0.15, -0.1) is 24.0 Å². The number of nitrogens with zero attached hydrogens (tertiary/aromatic N) is 1. The van der Waals surface area contributed by atoms with Crippen molar-refractivity contribution in [1.82, 2.24) is 10.6 Å². The molecule has 3 rings (SSSR count). The lowest BCUT2D eigenvalue weighted by Crippen LogP contribution is -2.42. The first-order valence-electron chi connectivity index (χ1n) is 8.52. The molecule has 0 fully saturated rings. The summed E-state index contributed by atoms with van der Waals surface area (Å²) in [5, 5.41) is 6.67. The number of halogens is 1. The van der Waals surface area contributed by atoms with Gasteiger partial charge in [-0.1, -0.05) is 30.3 Å². The molecule has 1 aliphatic heterocycles. The Labute approximate surface area is 172 Å². The third-order valence-corrected chi connectivity index (χ3v) is 4.32. The van der Waals surface area contributed by atoms with Crippen LogP contribution in [0.4, 0.5) is 0 Å². The highest BCUT2D eigenvalue weighted by molar-refractivity contribution is 14.0. The molecule has 2 N–H and O–H groups in total. The van der Waals surface area contributed by atoms with E-state index in [0.29, 0.717) is 13.1 Å². The molecular formula is C20H26IN3O2. The first kappa shape index (κ1) is 20.4. The smallest absolute Gasteiger partial charge is 0.191 e. The molecule has 0 radical (unpaired) electrons. The van der Waals surface area contributed by atoms with Gasteiger partial charge in [0.15, 0.2) is 5.96 Å². The Bertz CT molecular complexity index is 739. The quantitative estimate of drug-likeness (QED) is 0.403. The van der Waals surface area contributed by atoms with Crippen molar-refractivity contribution in [2.24, 2.45) is 4.99 Å². The van der Waals surface area contributed by atoms with Gasteiger partial charge in [-0.25, -0.2) is 0 Å². The third-order valence-electron chi connectivity index (χ3n) is 4.32. The van der Waals surface area contributed by atoms with Crippen molar-refractivity contribution in [2.75, 3.05) is 20.7 Å². The van der Waals surface area contributed by atoms with Crippen molar-refractivity contribution < 1.29 is 9.47 Å². The van der Waals surface area contributed by atoms with E-state index < -0.39 is 0 Å². The lowest BCUT2D eigenvalue weighted by Gasteiger charge is -2.16. The molecule has 1 atom stereocenters. The SMILES string of the molecule is CN=C(NCc1ccc(C)cc1OC)NCC1Cc2ccccc2O1.I. The topological polar surface area (TPSA) is 54.9 Å². The Morgan fingerprint density at radius 1 is 1.23 bits per heavy atom. The van der Waals surface area contributed by atoms with E-state index in [-0.39, 0.29) is 30.1 Å². The van der Waals surface area contributed by atoms with Crippen LogP contribution in [0.15, 0.2) is 47.5 Å². The van der Waals surface area contributed by atoms with Gasteiger partial charge in [-0.05, 0) is 30.2 Å². The summed E-state index contributed by atoms with van der Waals surface area (Å²) >= 11 is 0. The summed E-state index contributed by atoms with van der Waals surface area (Å²) in [6.45, 7) is 3.41. The summed E-state index contributed by atoms with van der Waals surface area (Å²) in [5.41, 5.74) is 3.54. The Morgan fingerprint density at radius 2 is 2.04 bits per heavy atom. The number of benzene rings is 2. The minimum atomic E-state index is 0. The van der Waals surface area contributed by atoms with Crippen LogP contribution in [-0.4, -0.2) is 32.8 Å². The highest BCUT2D eigenvalue weighted by atomic mass is 127. The van der Waals surface area contributed by atoms with Gasteiger partial charge < -0.3 is 20.1 Å². The van der Waals surface area contributed by atoms with Crippen LogP contribution in [0.25, 0.3) is 0 Å². The van der Waals surface area contributed by atoms with Gasteiger partial charge in [0.2, 0.25) is 0 Å². The summed E-state index contributed by atoms with van der Waals surface area (Å²) in [7, 11) is 3.46. The molecule has 1 unspecified atom stereocenters. The fraction of sp³-hybridized carbons (Fsp3) is 0.350. The number of ether oxygens (including phenoxy) is 2. The van der Waals surface area contributed by atoms with Gasteiger partial charge in [0.05, 0.1) is 13.7 Å². The number of nitrogens with one attached hydrogen (secondary N) is 2. The van der Waals surface area contributed by atoms with E-state index in [2.05, 4.69) is 40.7 Å². The second-order valence-corrected chi connectivity index (χ2v) is 6.17. The molecule has 0 saturated heterocycles. The van der Waals surface area contributed by atoms with Crippen LogP contribution >= 0.6 is 24.0 Å². The highest BCUT2D eigenvalue weighted by Crippen LogP contribution is 2.27. The highest BCUT2D eigenvalue weighted by Gasteiger charge is 2.22. The van der Waals surface area contributed by atoms with E-state index in [1.165, 1.54) is 11.1 Å². The predicted molar refractivity (Wildman–Crippen MR) is 116 cm³/mol. The zero-order valence-corrected chi connectivity index (χ0v) is 17.7. The van der Waals surface area contributed by atoms with Crippen molar-refractivity contribution in [2.45, 2.75) is 26.0 Å². The van der Waals surface area contributed by atoms with E-state index in [0.717, 1.165) is 29.4 Å². The first-order valence-corrected chi connectivity index (χ1v) is 8.52. The van der Waals surface area contributed by atoms with E-state index in [9.17, 15) is 0 Å². The molecular weight excluding hydrogens is 441 g/mol. The second-order valence-electron chi connectivity index (χ2n) is 6.17. The molecule has 1 heterocycles. The van der Waals surface area contributed by atoms with Gasteiger partial charge >= 0.3 is 0 Å². The van der Waals surface area contributed by atoms with Gasteiger partial charge in [0, 0.05) is 25.6 Å². The molecule has 0 aliphatic carbocycles.